The van der Waals surface area contributed by atoms with Gasteiger partial charge in [0.1, 0.15) is 0 Å². The van der Waals surface area contributed by atoms with Gasteiger partial charge in [-0.3, -0.25) is 0 Å². The number of benzene rings is 2. The third-order valence-electron chi connectivity index (χ3n) is 5.78. The molecule has 162 valence electrons. The van der Waals surface area contributed by atoms with Crippen LogP contribution in [0.1, 0.15) is 30.2 Å². The van der Waals surface area contributed by atoms with Crippen molar-refractivity contribution in [2.24, 2.45) is 0 Å². The molecule has 0 bridgehead atoms. The molecule has 2 amide bonds. The normalized spacial score (nSPS) is 14.4. The van der Waals surface area contributed by atoms with Crippen LogP contribution in [0.15, 0.2) is 77.6 Å². The van der Waals surface area contributed by atoms with E-state index in [1.54, 1.807) is 10.9 Å². The topological polar surface area (TPSA) is 89.1 Å². The first-order chi connectivity index (χ1) is 15.8. The zero-order valence-electron chi connectivity index (χ0n) is 17.6. The zero-order chi connectivity index (χ0) is 21.8. The molecule has 32 heavy (non-hydrogen) atoms. The van der Waals surface area contributed by atoms with Crippen LogP contribution in [0.2, 0.25) is 0 Å². The van der Waals surface area contributed by atoms with Crippen LogP contribution in [-0.2, 0) is 6.54 Å². The Labute approximate surface area is 185 Å². The molecule has 5 rings (SSSR count). The summed E-state index contributed by atoms with van der Waals surface area (Å²) in [6.07, 6.45) is 5.24. The lowest BCUT2D eigenvalue weighted by atomic mass is 9.97. The fraction of sp³-hybridized carbons (Fsp3) is 0.250. The smallest absolute Gasteiger partial charge is 0.317 e. The summed E-state index contributed by atoms with van der Waals surface area (Å²) in [5, 5.41) is 11.5. The summed E-state index contributed by atoms with van der Waals surface area (Å²) < 4.78 is 7.33. The maximum absolute atomic E-state index is 12.7. The highest BCUT2D eigenvalue weighted by Gasteiger charge is 2.27. The second-order valence-corrected chi connectivity index (χ2v) is 7.82. The third kappa shape index (κ3) is 4.25. The van der Waals surface area contributed by atoms with Crippen molar-refractivity contribution < 1.29 is 9.32 Å². The van der Waals surface area contributed by atoms with Crippen molar-refractivity contribution in [1.29, 1.82) is 0 Å². The van der Waals surface area contributed by atoms with Crippen molar-refractivity contribution in [3.63, 3.8) is 0 Å². The van der Waals surface area contributed by atoms with E-state index in [0.29, 0.717) is 31.3 Å². The molecule has 1 aliphatic heterocycles. The van der Waals surface area contributed by atoms with Crippen LogP contribution in [0.3, 0.4) is 0 Å². The lowest BCUT2D eigenvalue weighted by Gasteiger charge is -2.30. The number of nitrogens with zero attached hydrogens (tertiary/aromatic N) is 5. The maximum atomic E-state index is 12.7. The average molecular weight is 428 g/mol. The molecule has 3 heterocycles. The highest BCUT2D eigenvalue weighted by Crippen LogP contribution is 2.28. The number of amides is 2. The minimum atomic E-state index is -0.0609. The van der Waals surface area contributed by atoms with E-state index < -0.39 is 0 Å². The van der Waals surface area contributed by atoms with Crippen molar-refractivity contribution in [2.45, 2.75) is 25.3 Å². The molecule has 2 aromatic heterocycles. The Morgan fingerprint density at radius 2 is 1.81 bits per heavy atom. The Morgan fingerprint density at radius 3 is 2.59 bits per heavy atom. The number of likely N-dealkylation sites (tertiary alicyclic amines) is 1. The molecule has 1 N–H and O–H groups in total. The second-order valence-electron chi connectivity index (χ2n) is 7.82. The molecule has 0 spiro atoms. The molecule has 2 aromatic carbocycles. The Kier molecular flexibility index (Phi) is 5.65. The van der Waals surface area contributed by atoms with Crippen molar-refractivity contribution in [1.82, 2.24) is 30.1 Å². The summed E-state index contributed by atoms with van der Waals surface area (Å²) in [6, 6.07) is 19.5. The third-order valence-corrected chi connectivity index (χ3v) is 5.78. The Hall–Kier alpha value is -3.94. The number of hydrogen-bond acceptors (Lipinski definition) is 5. The lowest BCUT2D eigenvalue weighted by Crippen LogP contribution is -2.44. The van der Waals surface area contributed by atoms with Gasteiger partial charge in [-0.25, -0.2) is 9.48 Å². The van der Waals surface area contributed by atoms with Gasteiger partial charge >= 0.3 is 6.03 Å². The Bertz CT molecular complexity index is 1160. The monoisotopic (exact) mass is 428 g/mol. The summed E-state index contributed by atoms with van der Waals surface area (Å²) in [5.41, 5.74) is 2.91. The van der Waals surface area contributed by atoms with Gasteiger partial charge in [-0.05, 0) is 30.5 Å². The molecule has 8 heteroatoms. The Morgan fingerprint density at radius 1 is 1.03 bits per heavy atom. The van der Waals surface area contributed by atoms with Crippen LogP contribution >= 0.6 is 0 Å². The molecule has 0 atom stereocenters. The summed E-state index contributed by atoms with van der Waals surface area (Å²) in [5.74, 6) is 1.43. The summed E-state index contributed by atoms with van der Waals surface area (Å²) in [4.78, 5) is 19.2. The number of rotatable bonds is 5. The summed E-state index contributed by atoms with van der Waals surface area (Å²) in [6.45, 7) is 1.75. The SMILES string of the molecule is O=C(NCc1ccccc1-n1cccn1)N1CCC(c2nc(-c3ccccc3)no2)CC1. The minimum Gasteiger partial charge on any atom is -0.339 e. The number of urea groups is 1. The molecule has 8 nitrogen and oxygen atoms in total. The molecule has 0 radical (unpaired) electrons. The van der Waals surface area contributed by atoms with E-state index in [1.807, 2.05) is 71.8 Å². The van der Waals surface area contributed by atoms with E-state index in [-0.39, 0.29) is 11.9 Å². The molecule has 0 saturated carbocycles. The number of nitrogens with one attached hydrogen (secondary N) is 1. The van der Waals surface area contributed by atoms with E-state index in [1.165, 1.54) is 0 Å². The summed E-state index contributed by atoms with van der Waals surface area (Å²) >= 11 is 0. The van der Waals surface area contributed by atoms with Crippen molar-refractivity contribution >= 4 is 6.03 Å². The van der Waals surface area contributed by atoms with Gasteiger partial charge in [0.2, 0.25) is 11.7 Å². The van der Waals surface area contributed by atoms with Crippen LogP contribution in [-0.4, -0.2) is 43.9 Å². The maximum Gasteiger partial charge on any atom is 0.317 e. The van der Waals surface area contributed by atoms with Gasteiger partial charge < -0.3 is 14.7 Å². The first-order valence-corrected chi connectivity index (χ1v) is 10.8. The van der Waals surface area contributed by atoms with Crippen LogP contribution in [0, 0.1) is 0 Å². The van der Waals surface area contributed by atoms with Gasteiger partial charge in [0.25, 0.3) is 0 Å². The van der Waals surface area contributed by atoms with Gasteiger partial charge in [0.15, 0.2) is 0 Å². The van der Waals surface area contributed by atoms with E-state index in [0.717, 1.165) is 29.7 Å². The second kappa shape index (κ2) is 9.05. The van der Waals surface area contributed by atoms with Crippen molar-refractivity contribution in [3.05, 3.63) is 84.5 Å². The van der Waals surface area contributed by atoms with E-state index in [9.17, 15) is 4.79 Å². The molecule has 0 unspecified atom stereocenters. The number of para-hydroxylation sites is 1. The van der Waals surface area contributed by atoms with E-state index >= 15 is 0 Å². The predicted octanol–water partition coefficient (Wildman–Crippen LogP) is 4.01. The van der Waals surface area contributed by atoms with E-state index in [4.69, 9.17) is 4.52 Å². The predicted molar refractivity (Wildman–Crippen MR) is 119 cm³/mol. The fourth-order valence-electron chi connectivity index (χ4n) is 4.01. The first kappa shape index (κ1) is 20.0. The number of hydrogen-bond donors (Lipinski definition) is 1. The van der Waals surface area contributed by atoms with Gasteiger partial charge in [-0.2, -0.15) is 10.1 Å². The number of carbonyl (C=O) groups is 1. The van der Waals surface area contributed by atoms with Gasteiger partial charge in [0.05, 0.1) is 5.69 Å². The zero-order valence-corrected chi connectivity index (χ0v) is 17.6. The highest BCUT2D eigenvalue weighted by atomic mass is 16.5. The molecule has 1 saturated heterocycles. The summed E-state index contributed by atoms with van der Waals surface area (Å²) in [7, 11) is 0. The molecular formula is C24H24N6O2. The Balaban J connectivity index is 1.16. The molecular weight excluding hydrogens is 404 g/mol. The standard InChI is InChI=1S/C24H24N6O2/c31-24(25-17-20-9-4-5-10-21(20)30-14-6-13-26-30)29-15-11-19(12-16-29)23-27-22(28-32-23)18-7-2-1-3-8-18/h1-10,13-14,19H,11-12,15-17H2,(H,25,31). The van der Waals surface area contributed by atoms with Crippen LogP contribution in [0.25, 0.3) is 17.1 Å². The van der Waals surface area contributed by atoms with Gasteiger partial charge in [-0.15, -0.1) is 0 Å². The van der Waals surface area contributed by atoms with Gasteiger partial charge in [-0.1, -0.05) is 53.7 Å². The molecule has 0 aliphatic carbocycles. The average Bonchev–Trinajstić information content (AvgIpc) is 3.56. The largest absolute Gasteiger partial charge is 0.339 e. The quantitative estimate of drug-likeness (QED) is 0.519. The molecule has 1 fully saturated rings. The van der Waals surface area contributed by atoms with E-state index in [2.05, 4.69) is 20.6 Å². The number of aromatic nitrogens is 4. The first-order valence-electron chi connectivity index (χ1n) is 10.8. The minimum absolute atomic E-state index is 0.0609. The fourth-order valence-corrected chi connectivity index (χ4v) is 4.01. The van der Waals surface area contributed by atoms with Crippen LogP contribution in [0.5, 0.6) is 0 Å². The molecule has 4 aromatic rings. The highest BCUT2D eigenvalue weighted by molar-refractivity contribution is 5.74. The van der Waals surface area contributed by atoms with Crippen molar-refractivity contribution in [2.75, 3.05) is 13.1 Å². The molecule has 1 aliphatic rings. The number of carbonyl (C=O) groups excluding carboxylic acids is 1. The van der Waals surface area contributed by atoms with Crippen molar-refractivity contribution in [3.8, 4) is 17.1 Å². The van der Waals surface area contributed by atoms with Crippen LogP contribution < -0.4 is 5.32 Å². The van der Waals surface area contributed by atoms with Crippen LogP contribution in [0.4, 0.5) is 4.79 Å². The lowest BCUT2D eigenvalue weighted by molar-refractivity contribution is 0.175. The van der Waals surface area contributed by atoms with Gasteiger partial charge in [0, 0.05) is 43.5 Å². The number of piperidine rings is 1.